The van der Waals surface area contributed by atoms with Gasteiger partial charge in [0, 0.05) is 6.54 Å². The fourth-order valence-electron chi connectivity index (χ4n) is 3.31. The topological polar surface area (TPSA) is 84.9 Å². The number of hydrogen-bond acceptors (Lipinski definition) is 4. The average Bonchev–Trinajstić information content (AvgIpc) is 2.76. The van der Waals surface area contributed by atoms with Crippen LogP contribution in [-0.4, -0.2) is 36.2 Å². The minimum Gasteiger partial charge on any atom is -0.496 e. The fourth-order valence-corrected chi connectivity index (χ4v) is 3.31. The summed E-state index contributed by atoms with van der Waals surface area (Å²) in [5.74, 6) is -0.161. The number of aliphatic carboxylic acids is 1. The Morgan fingerprint density at radius 1 is 1.03 bits per heavy atom. The maximum atomic E-state index is 13.0. The van der Waals surface area contributed by atoms with E-state index < -0.39 is 11.6 Å². The summed E-state index contributed by atoms with van der Waals surface area (Å²) in [7, 11) is 1.55. The number of carbonyl (C=O) groups is 2. The average molecular weight is 421 g/mol. The lowest BCUT2D eigenvalue weighted by Gasteiger charge is -2.22. The Labute approximate surface area is 181 Å². The lowest BCUT2D eigenvalue weighted by molar-refractivity contribution is -0.152. The predicted octanol–water partition coefficient (Wildman–Crippen LogP) is 4.62. The van der Waals surface area contributed by atoms with Crippen LogP contribution in [-0.2, 0) is 4.79 Å². The Kier molecular flexibility index (Phi) is 6.49. The molecule has 0 saturated heterocycles. The highest BCUT2D eigenvalue weighted by molar-refractivity contribution is 6.09. The van der Waals surface area contributed by atoms with Crippen LogP contribution in [0.2, 0.25) is 0 Å². The molecule has 6 nitrogen and oxygen atoms in total. The molecule has 0 heterocycles. The molecule has 0 saturated carbocycles. The molecule has 0 aliphatic heterocycles. The van der Waals surface area contributed by atoms with Gasteiger partial charge in [-0.05, 0) is 54.3 Å². The molecule has 1 amide bonds. The first-order valence-corrected chi connectivity index (χ1v) is 10.1. The summed E-state index contributed by atoms with van der Waals surface area (Å²) in [4.78, 5) is 24.2. The molecule has 0 aliphatic rings. The van der Waals surface area contributed by atoms with Crippen molar-refractivity contribution in [1.29, 1.82) is 0 Å². The summed E-state index contributed by atoms with van der Waals surface area (Å²) >= 11 is 0. The zero-order valence-corrected chi connectivity index (χ0v) is 18.1. The molecule has 1 unspecified atom stereocenters. The van der Waals surface area contributed by atoms with Gasteiger partial charge in [-0.3, -0.25) is 4.79 Å². The van der Waals surface area contributed by atoms with Crippen LogP contribution in [0, 0.1) is 0 Å². The molecule has 3 rings (SSSR count). The highest BCUT2D eigenvalue weighted by Crippen LogP contribution is 2.28. The van der Waals surface area contributed by atoms with E-state index in [-0.39, 0.29) is 11.8 Å². The number of methoxy groups -OCH3 is 1. The number of amides is 1. The number of carboxylic acids is 1. The lowest BCUT2D eigenvalue weighted by atomic mass is 10.00. The van der Waals surface area contributed by atoms with E-state index in [9.17, 15) is 14.7 Å². The summed E-state index contributed by atoms with van der Waals surface area (Å²) < 4.78 is 11.0. The second kappa shape index (κ2) is 9.08. The number of fused-ring (bicyclic) bond motifs is 1. The van der Waals surface area contributed by atoms with Gasteiger partial charge < -0.3 is 19.9 Å². The van der Waals surface area contributed by atoms with Gasteiger partial charge in [-0.1, -0.05) is 49.4 Å². The van der Waals surface area contributed by atoms with E-state index in [2.05, 4.69) is 5.32 Å². The van der Waals surface area contributed by atoms with Crippen LogP contribution in [0.1, 0.15) is 42.6 Å². The van der Waals surface area contributed by atoms with Crippen LogP contribution in [0.5, 0.6) is 11.5 Å². The Bertz CT molecular complexity index is 1090. The molecule has 6 heteroatoms. The first kappa shape index (κ1) is 22.2. The van der Waals surface area contributed by atoms with Crippen LogP contribution in [0.25, 0.3) is 10.8 Å². The molecule has 3 aromatic rings. The summed E-state index contributed by atoms with van der Waals surface area (Å²) in [6.07, 6.45) is 0. The molecule has 31 heavy (non-hydrogen) atoms. The number of hydrogen-bond donors (Lipinski definition) is 2. The van der Waals surface area contributed by atoms with Gasteiger partial charge in [0.25, 0.3) is 5.91 Å². The summed E-state index contributed by atoms with van der Waals surface area (Å²) in [5, 5.41) is 14.0. The van der Waals surface area contributed by atoms with E-state index in [1.807, 2.05) is 49.4 Å². The van der Waals surface area contributed by atoms with E-state index in [0.29, 0.717) is 23.6 Å². The quantitative estimate of drug-likeness (QED) is 0.554. The maximum Gasteiger partial charge on any atom is 0.347 e. The number of rotatable bonds is 8. The molecule has 0 bridgehead atoms. The minimum absolute atomic E-state index is 0.0476. The van der Waals surface area contributed by atoms with Crippen molar-refractivity contribution in [1.82, 2.24) is 5.32 Å². The third-order valence-electron chi connectivity index (χ3n) is 5.24. The molecule has 0 spiro atoms. The third-order valence-corrected chi connectivity index (χ3v) is 5.24. The van der Waals surface area contributed by atoms with Gasteiger partial charge in [-0.2, -0.15) is 0 Å². The van der Waals surface area contributed by atoms with Crippen molar-refractivity contribution in [2.24, 2.45) is 0 Å². The summed E-state index contributed by atoms with van der Waals surface area (Å²) in [5.41, 5.74) is 0.219. The molecular weight excluding hydrogens is 394 g/mol. The SMILES string of the molecule is COc1ccc2ccccc2c1C(=O)NCC(C)c1ccc(OC(C)(C)C(=O)O)cc1. The monoisotopic (exact) mass is 421 g/mol. The van der Waals surface area contributed by atoms with Crippen molar-refractivity contribution in [3.63, 3.8) is 0 Å². The van der Waals surface area contributed by atoms with E-state index in [1.54, 1.807) is 25.3 Å². The van der Waals surface area contributed by atoms with Gasteiger partial charge in [0.05, 0.1) is 12.7 Å². The zero-order chi connectivity index (χ0) is 22.6. The minimum atomic E-state index is -1.31. The zero-order valence-electron chi connectivity index (χ0n) is 18.1. The van der Waals surface area contributed by atoms with Gasteiger partial charge in [0.1, 0.15) is 11.5 Å². The van der Waals surface area contributed by atoms with Crippen molar-refractivity contribution in [3.05, 3.63) is 71.8 Å². The molecule has 2 N–H and O–H groups in total. The van der Waals surface area contributed by atoms with Gasteiger partial charge >= 0.3 is 5.97 Å². The Balaban J connectivity index is 1.70. The molecule has 0 radical (unpaired) electrons. The predicted molar refractivity (Wildman–Crippen MR) is 120 cm³/mol. The van der Waals surface area contributed by atoms with E-state index in [1.165, 1.54) is 13.8 Å². The summed E-state index contributed by atoms with van der Waals surface area (Å²) in [6, 6.07) is 18.7. The second-order valence-corrected chi connectivity index (χ2v) is 7.96. The molecular formula is C25H27NO5. The summed E-state index contributed by atoms with van der Waals surface area (Å²) in [6.45, 7) is 5.45. The highest BCUT2D eigenvalue weighted by Gasteiger charge is 2.29. The second-order valence-electron chi connectivity index (χ2n) is 7.96. The van der Waals surface area contributed by atoms with Crippen molar-refractivity contribution in [2.45, 2.75) is 32.3 Å². The number of ether oxygens (including phenoxy) is 2. The number of nitrogens with one attached hydrogen (secondary N) is 1. The van der Waals surface area contributed by atoms with Gasteiger partial charge in [-0.15, -0.1) is 0 Å². The van der Waals surface area contributed by atoms with Crippen LogP contribution in [0.15, 0.2) is 60.7 Å². The molecule has 0 aromatic heterocycles. The van der Waals surface area contributed by atoms with Crippen molar-refractivity contribution in [2.75, 3.05) is 13.7 Å². The van der Waals surface area contributed by atoms with Crippen LogP contribution >= 0.6 is 0 Å². The van der Waals surface area contributed by atoms with Crippen LogP contribution < -0.4 is 14.8 Å². The molecule has 3 aromatic carbocycles. The number of carboxylic acid groups (broad SMARTS) is 1. The normalized spacial score (nSPS) is 12.3. The number of carbonyl (C=O) groups excluding carboxylic acids is 1. The fraction of sp³-hybridized carbons (Fsp3) is 0.280. The Morgan fingerprint density at radius 3 is 2.35 bits per heavy atom. The van der Waals surface area contributed by atoms with Crippen LogP contribution in [0.4, 0.5) is 0 Å². The Hall–Kier alpha value is -3.54. The molecule has 162 valence electrons. The van der Waals surface area contributed by atoms with E-state index >= 15 is 0 Å². The van der Waals surface area contributed by atoms with E-state index in [4.69, 9.17) is 9.47 Å². The first-order chi connectivity index (χ1) is 14.7. The lowest BCUT2D eigenvalue weighted by Crippen LogP contribution is -2.37. The Morgan fingerprint density at radius 2 is 1.71 bits per heavy atom. The van der Waals surface area contributed by atoms with Gasteiger partial charge in [-0.25, -0.2) is 4.79 Å². The van der Waals surface area contributed by atoms with Crippen molar-refractivity contribution >= 4 is 22.6 Å². The first-order valence-electron chi connectivity index (χ1n) is 10.1. The molecule has 1 atom stereocenters. The molecule has 0 fully saturated rings. The van der Waals surface area contributed by atoms with Crippen molar-refractivity contribution in [3.8, 4) is 11.5 Å². The largest absolute Gasteiger partial charge is 0.496 e. The van der Waals surface area contributed by atoms with Gasteiger partial charge in [0.15, 0.2) is 5.60 Å². The maximum absolute atomic E-state index is 13.0. The standard InChI is InChI=1S/C25H27NO5/c1-16(17-9-12-19(13-10-17)31-25(2,3)24(28)29)15-26-23(27)22-20-8-6-5-7-18(20)11-14-21(22)30-4/h5-14,16H,15H2,1-4H3,(H,26,27)(H,28,29). The van der Waals surface area contributed by atoms with Crippen LogP contribution in [0.3, 0.4) is 0 Å². The highest BCUT2D eigenvalue weighted by atomic mass is 16.5. The van der Waals surface area contributed by atoms with Crippen molar-refractivity contribution < 1.29 is 24.2 Å². The molecule has 0 aliphatic carbocycles. The van der Waals surface area contributed by atoms with E-state index in [0.717, 1.165) is 16.3 Å². The number of benzene rings is 3. The smallest absolute Gasteiger partial charge is 0.347 e. The van der Waals surface area contributed by atoms with Gasteiger partial charge in [0.2, 0.25) is 0 Å². The third kappa shape index (κ3) is 4.97.